The Labute approximate surface area is 112 Å². The standard InChI is InChI=1S/C16H27NO/c1-12(11-17)6-7-13-10-14(16(2,3)4)8-9-15(13)18-5/h8-10,12H,6-7,11,17H2,1-5H3. The summed E-state index contributed by atoms with van der Waals surface area (Å²) in [6.07, 6.45) is 2.14. The summed E-state index contributed by atoms with van der Waals surface area (Å²) in [4.78, 5) is 0. The van der Waals surface area contributed by atoms with Crippen LogP contribution >= 0.6 is 0 Å². The molecule has 18 heavy (non-hydrogen) atoms. The van der Waals surface area contributed by atoms with Crippen LogP contribution in [0.5, 0.6) is 5.75 Å². The molecular weight excluding hydrogens is 222 g/mol. The molecule has 1 aromatic carbocycles. The summed E-state index contributed by atoms with van der Waals surface area (Å²) in [5, 5.41) is 0. The quantitative estimate of drug-likeness (QED) is 0.866. The van der Waals surface area contributed by atoms with Gasteiger partial charge >= 0.3 is 0 Å². The molecule has 102 valence electrons. The fourth-order valence-electron chi connectivity index (χ4n) is 1.96. The summed E-state index contributed by atoms with van der Waals surface area (Å²) >= 11 is 0. The number of hydrogen-bond donors (Lipinski definition) is 1. The molecule has 0 saturated carbocycles. The van der Waals surface area contributed by atoms with E-state index in [2.05, 4.69) is 45.9 Å². The predicted octanol–water partition coefficient (Wildman–Crippen LogP) is 3.52. The molecule has 1 aromatic rings. The van der Waals surface area contributed by atoms with E-state index < -0.39 is 0 Å². The van der Waals surface area contributed by atoms with Gasteiger partial charge in [0.25, 0.3) is 0 Å². The van der Waals surface area contributed by atoms with Crippen LogP contribution in [-0.4, -0.2) is 13.7 Å². The van der Waals surface area contributed by atoms with Gasteiger partial charge in [0.15, 0.2) is 0 Å². The summed E-state index contributed by atoms with van der Waals surface area (Å²) in [6, 6.07) is 6.53. The third kappa shape index (κ3) is 4.02. The second-order valence-electron chi connectivity index (χ2n) is 6.16. The zero-order valence-corrected chi connectivity index (χ0v) is 12.4. The van der Waals surface area contributed by atoms with Crippen molar-refractivity contribution in [3.8, 4) is 5.75 Å². The highest BCUT2D eigenvalue weighted by atomic mass is 16.5. The van der Waals surface area contributed by atoms with Gasteiger partial charge in [0, 0.05) is 0 Å². The van der Waals surface area contributed by atoms with Crippen LogP contribution in [0.1, 0.15) is 45.2 Å². The topological polar surface area (TPSA) is 35.2 Å². The van der Waals surface area contributed by atoms with Gasteiger partial charge in [-0.15, -0.1) is 0 Å². The lowest BCUT2D eigenvalue weighted by Gasteiger charge is -2.21. The molecule has 1 atom stereocenters. The lowest BCUT2D eigenvalue weighted by Crippen LogP contribution is -2.13. The number of hydrogen-bond acceptors (Lipinski definition) is 2. The maximum atomic E-state index is 5.67. The number of methoxy groups -OCH3 is 1. The molecule has 1 rings (SSSR count). The molecule has 0 aromatic heterocycles. The van der Waals surface area contributed by atoms with E-state index in [4.69, 9.17) is 10.5 Å². The van der Waals surface area contributed by atoms with Crippen LogP contribution in [0.3, 0.4) is 0 Å². The molecule has 0 aliphatic carbocycles. The van der Waals surface area contributed by atoms with E-state index in [1.165, 1.54) is 11.1 Å². The van der Waals surface area contributed by atoms with Gasteiger partial charge in [-0.1, -0.05) is 39.8 Å². The first-order valence-electron chi connectivity index (χ1n) is 6.76. The fraction of sp³-hybridized carbons (Fsp3) is 0.625. The van der Waals surface area contributed by atoms with Gasteiger partial charge in [-0.3, -0.25) is 0 Å². The first kappa shape index (κ1) is 15.0. The van der Waals surface area contributed by atoms with Crippen LogP contribution in [-0.2, 0) is 11.8 Å². The average molecular weight is 249 g/mol. The van der Waals surface area contributed by atoms with E-state index in [0.29, 0.717) is 5.92 Å². The third-order valence-electron chi connectivity index (χ3n) is 3.46. The van der Waals surface area contributed by atoms with Crippen molar-refractivity contribution in [3.05, 3.63) is 29.3 Å². The number of rotatable bonds is 5. The Morgan fingerprint density at radius 2 is 1.94 bits per heavy atom. The highest BCUT2D eigenvalue weighted by Gasteiger charge is 2.16. The molecule has 0 saturated heterocycles. The summed E-state index contributed by atoms with van der Waals surface area (Å²) in [5.74, 6) is 1.56. The van der Waals surface area contributed by atoms with Gasteiger partial charge in [0.1, 0.15) is 5.75 Å². The zero-order chi connectivity index (χ0) is 13.8. The van der Waals surface area contributed by atoms with Crippen molar-refractivity contribution in [1.29, 1.82) is 0 Å². The molecule has 0 heterocycles. The normalized spacial score (nSPS) is 13.4. The van der Waals surface area contributed by atoms with E-state index in [1.54, 1.807) is 7.11 Å². The molecule has 2 heteroatoms. The van der Waals surface area contributed by atoms with Crippen molar-refractivity contribution in [2.75, 3.05) is 13.7 Å². The Morgan fingerprint density at radius 1 is 1.28 bits per heavy atom. The highest BCUT2D eigenvalue weighted by molar-refractivity contribution is 5.39. The summed E-state index contributed by atoms with van der Waals surface area (Å²) < 4.78 is 5.45. The average Bonchev–Trinajstić information content (AvgIpc) is 2.34. The predicted molar refractivity (Wildman–Crippen MR) is 78.2 cm³/mol. The van der Waals surface area contributed by atoms with Crippen LogP contribution in [0, 0.1) is 5.92 Å². The molecule has 1 unspecified atom stereocenters. The Hall–Kier alpha value is -1.02. The molecule has 2 N–H and O–H groups in total. The van der Waals surface area contributed by atoms with Crippen molar-refractivity contribution < 1.29 is 4.74 Å². The summed E-state index contributed by atoms with van der Waals surface area (Å²) in [6.45, 7) is 9.66. The zero-order valence-electron chi connectivity index (χ0n) is 12.4. The molecule has 0 amide bonds. The van der Waals surface area contributed by atoms with E-state index >= 15 is 0 Å². The maximum absolute atomic E-state index is 5.67. The molecule has 0 aliphatic rings. The Balaban J connectivity index is 2.92. The van der Waals surface area contributed by atoms with Gasteiger partial charge in [-0.25, -0.2) is 0 Å². The van der Waals surface area contributed by atoms with Crippen molar-refractivity contribution in [3.63, 3.8) is 0 Å². The van der Waals surface area contributed by atoms with Gasteiger partial charge in [-0.2, -0.15) is 0 Å². The van der Waals surface area contributed by atoms with Crippen LogP contribution in [0.25, 0.3) is 0 Å². The van der Waals surface area contributed by atoms with E-state index in [1.807, 2.05) is 0 Å². The molecule has 0 bridgehead atoms. The lowest BCUT2D eigenvalue weighted by atomic mass is 9.85. The molecule has 0 spiro atoms. The highest BCUT2D eigenvalue weighted by Crippen LogP contribution is 2.29. The minimum atomic E-state index is 0.181. The molecule has 0 fully saturated rings. The van der Waals surface area contributed by atoms with Crippen LogP contribution in [0.4, 0.5) is 0 Å². The van der Waals surface area contributed by atoms with E-state index in [9.17, 15) is 0 Å². The first-order chi connectivity index (χ1) is 8.38. The SMILES string of the molecule is COc1ccc(C(C)(C)C)cc1CCC(C)CN. The van der Waals surface area contributed by atoms with Gasteiger partial charge < -0.3 is 10.5 Å². The minimum absolute atomic E-state index is 0.181. The number of aryl methyl sites for hydroxylation is 1. The summed E-state index contributed by atoms with van der Waals surface area (Å²) in [7, 11) is 1.74. The van der Waals surface area contributed by atoms with Crippen LogP contribution in [0.15, 0.2) is 18.2 Å². The number of ether oxygens (including phenoxy) is 1. The van der Waals surface area contributed by atoms with Crippen LogP contribution in [0.2, 0.25) is 0 Å². The maximum Gasteiger partial charge on any atom is 0.122 e. The fourth-order valence-corrected chi connectivity index (χ4v) is 1.96. The smallest absolute Gasteiger partial charge is 0.122 e. The van der Waals surface area contributed by atoms with Crippen molar-refractivity contribution in [2.24, 2.45) is 11.7 Å². The Kier molecular flexibility index (Phi) is 5.21. The Bertz CT molecular complexity index is 379. The number of nitrogens with two attached hydrogens (primary N) is 1. The van der Waals surface area contributed by atoms with Gasteiger partial charge in [-0.05, 0) is 47.9 Å². The third-order valence-corrected chi connectivity index (χ3v) is 3.46. The second kappa shape index (κ2) is 6.24. The number of benzene rings is 1. The van der Waals surface area contributed by atoms with E-state index in [0.717, 1.165) is 25.1 Å². The van der Waals surface area contributed by atoms with E-state index in [-0.39, 0.29) is 5.41 Å². The lowest BCUT2D eigenvalue weighted by molar-refractivity contribution is 0.406. The molecule has 0 radical (unpaired) electrons. The van der Waals surface area contributed by atoms with Crippen molar-refractivity contribution in [2.45, 2.75) is 46.0 Å². The monoisotopic (exact) mass is 249 g/mol. The van der Waals surface area contributed by atoms with Gasteiger partial charge in [0.2, 0.25) is 0 Å². The Morgan fingerprint density at radius 3 is 2.44 bits per heavy atom. The van der Waals surface area contributed by atoms with Gasteiger partial charge in [0.05, 0.1) is 7.11 Å². The van der Waals surface area contributed by atoms with Crippen LogP contribution < -0.4 is 10.5 Å². The molecule has 0 aliphatic heterocycles. The molecule has 2 nitrogen and oxygen atoms in total. The molecular formula is C16H27NO. The minimum Gasteiger partial charge on any atom is -0.496 e. The summed E-state index contributed by atoms with van der Waals surface area (Å²) in [5.41, 5.74) is 8.51. The van der Waals surface area contributed by atoms with Crippen molar-refractivity contribution >= 4 is 0 Å². The van der Waals surface area contributed by atoms with Crippen molar-refractivity contribution in [1.82, 2.24) is 0 Å². The second-order valence-corrected chi connectivity index (χ2v) is 6.16. The largest absolute Gasteiger partial charge is 0.496 e. The first-order valence-corrected chi connectivity index (χ1v) is 6.76.